The Hall–Kier alpha value is -4.59. The fourth-order valence-electron chi connectivity index (χ4n) is 6.18. The monoisotopic (exact) mass is 480 g/mol. The number of hydrogen-bond acceptors (Lipinski definition) is 6. The molecule has 0 saturated carbocycles. The van der Waals surface area contributed by atoms with E-state index in [1.807, 2.05) is 0 Å². The van der Waals surface area contributed by atoms with Gasteiger partial charge in [-0.1, -0.05) is 66.7 Å². The Morgan fingerprint density at radius 1 is 0.694 bits per heavy atom. The van der Waals surface area contributed by atoms with Crippen LogP contribution in [0.15, 0.2) is 78.9 Å². The average molecular weight is 480 g/mol. The first-order chi connectivity index (χ1) is 17.3. The molecule has 4 amide bonds. The second-order valence-electron chi connectivity index (χ2n) is 9.11. The van der Waals surface area contributed by atoms with Crippen molar-refractivity contribution in [1.29, 1.82) is 0 Å². The molecule has 3 aliphatic rings. The Morgan fingerprint density at radius 3 is 1.81 bits per heavy atom. The van der Waals surface area contributed by atoms with Crippen molar-refractivity contribution in [3.8, 4) is 0 Å². The van der Waals surface area contributed by atoms with Crippen molar-refractivity contribution in [3.63, 3.8) is 0 Å². The molecule has 178 valence electrons. The topological polar surface area (TPSA) is 101 Å². The molecule has 3 atom stereocenters. The standard InChI is InChI=1S/C28H20N2O6/c1-16(31)29-21-14-8-6-12-19(21)27(25(29)34)23(18-10-4-3-5-11-18)24(33)36-28(27)20-13-7-9-15-22(20)30(17(2)32)26(28)35/h3-15,23H,1-2H3/t23-,27-,28-/m0/s1. The zero-order valence-corrected chi connectivity index (χ0v) is 19.4. The summed E-state index contributed by atoms with van der Waals surface area (Å²) in [5.74, 6) is -4.77. The largest absolute Gasteiger partial charge is 0.442 e. The van der Waals surface area contributed by atoms with Gasteiger partial charge in [0.05, 0.1) is 11.4 Å². The van der Waals surface area contributed by atoms with Crippen molar-refractivity contribution >= 4 is 41.0 Å². The lowest BCUT2D eigenvalue weighted by Gasteiger charge is -2.38. The van der Waals surface area contributed by atoms with E-state index in [4.69, 9.17) is 4.74 Å². The quantitative estimate of drug-likeness (QED) is 0.497. The summed E-state index contributed by atoms with van der Waals surface area (Å²) in [6.07, 6.45) is 0. The van der Waals surface area contributed by atoms with Crippen LogP contribution in [0.25, 0.3) is 0 Å². The Bertz CT molecular complexity index is 1520. The summed E-state index contributed by atoms with van der Waals surface area (Å²) in [7, 11) is 0. The molecule has 36 heavy (non-hydrogen) atoms. The van der Waals surface area contributed by atoms with Gasteiger partial charge in [-0.15, -0.1) is 0 Å². The highest BCUT2D eigenvalue weighted by Crippen LogP contribution is 2.67. The molecule has 0 bridgehead atoms. The summed E-state index contributed by atoms with van der Waals surface area (Å²) in [6, 6.07) is 21.7. The van der Waals surface area contributed by atoms with Gasteiger partial charge in [0.25, 0.3) is 11.8 Å². The third kappa shape index (κ3) is 2.31. The molecule has 8 heteroatoms. The van der Waals surface area contributed by atoms with E-state index in [9.17, 15) is 24.0 Å². The minimum atomic E-state index is -2.19. The number of hydrogen-bond donors (Lipinski definition) is 0. The van der Waals surface area contributed by atoms with Gasteiger partial charge in [0, 0.05) is 19.4 Å². The minimum Gasteiger partial charge on any atom is -0.442 e. The van der Waals surface area contributed by atoms with Crippen molar-refractivity contribution in [2.45, 2.75) is 30.8 Å². The van der Waals surface area contributed by atoms with Crippen LogP contribution in [0.2, 0.25) is 0 Å². The zero-order valence-electron chi connectivity index (χ0n) is 19.4. The molecule has 3 heterocycles. The third-order valence-electron chi connectivity index (χ3n) is 7.38. The van der Waals surface area contributed by atoms with Crippen LogP contribution in [0, 0.1) is 0 Å². The number of rotatable bonds is 1. The smallest absolute Gasteiger partial charge is 0.316 e. The molecule has 0 radical (unpaired) electrons. The van der Waals surface area contributed by atoms with Crippen LogP contribution in [0.3, 0.4) is 0 Å². The van der Waals surface area contributed by atoms with Crippen LogP contribution in [-0.2, 0) is 39.7 Å². The van der Waals surface area contributed by atoms with Crippen molar-refractivity contribution < 1.29 is 28.7 Å². The summed E-state index contributed by atoms with van der Waals surface area (Å²) in [4.78, 5) is 70.2. The highest BCUT2D eigenvalue weighted by atomic mass is 16.6. The molecule has 0 aliphatic carbocycles. The molecular weight excluding hydrogens is 460 g/mol. The SMILES string of the molecule is CC(=O)N1C(=O)[C@@]2(OC(=O)[C@H](c3ccccc3)[C@@]23C(=O)N(C(C)=O)c2ccccc23)c2ccccc21. The fraction of sp³-hybridized carbons (Fsp3) is 0.179. The highest BCUT2D eigenvalue weighted by Gasteiger charge is 2.82. The van der Waals surface area contributed by atoms with E-state index in [1.165, 1.54) is 13.8 Å². The minimum absolute atomic E-state index is 0.227. The first-order valence-corrected chi connectivity index (χ1v) is 11.5. The van der Waals surface area contributed by atoms with E-state index in [-0.39, 0.29) is 16.9 Å². The van der Waals surface area contributed by atoms with E-state index in [0.717, 1.165) is 9.80 Å². The molecule has 3 aliphatic heterocycles. The number of carbonyl (C=O) groups is 5. The Labute approximate surface area is 206 Å². The third-order valence-corrected chi connectivity index (χ3v) is 7.38. The van der Waals surface area contributed by atoms with Crippen LogP contribution >= 0.6 is 0 Å². The number of benzene rings is 3. The normalized spacial score (nSPS) is 25.9. The molecule has 0 unspecified atom stereocenters. The van der Waals surface area contributed by atoms with Gasteiger partial charge in [0.2, 0.25) is 17.4 Å². The maximum Gasteiger partial charge on any atom is 0.316 e. The molecule has 2 spiro atoms. The molecule has 3 aromatic carbocycles. The summed E-state index contributed by atoms with van der Waals surface area (Å²) in [5.41, 5.74) is -2.64. The molecule has 0 N–H and O–H groups in total. The highest BCUT2D eigenvalue weighted by molar-refractivity contribution is 6.31. The molecule has 3 aromatic rings. The number of amides is 4. The molecule has 1 saturated heterocycles. The predicted molar refractivity (Wildman–Crippen MR) is 128 cm³/mol. The second-order valence-corrected chi connectivity index (χ2v) is 9.11. The number of anilines is 2. The summed E-state index contributed by atoms with van der Waals surface area (Å²) in [6.45, 7) is 2.49. The van der Waals surface area contributed by atoms with Crippen molar-refractivity contribution in [3.05, 3.63) is 95.6 Å². The summed E-state index contributed by atoms with van der Waals surface area (Å²) < 4.78 is 6.05. The molecule has 0 aromatic heterocycles. The van der Waals surface area contributed by atoms with E-state index in [2.05, 4.69) is 0 Å². The summed E-state index contributed by atoms with van der Waals surface area (Å²) in [5, 5.41) is 0. The first kappa shape index (κ1) is 21.9. The van der Waals surface area contributed by atoms with Crippen molar-refractivity contribution in [2.75, 3.05) is 9.80 Å². The van der Waals surface area contributed by atoms with Crippen LogP contribution in [0.5, 0.6) is 0 Å². The molecule has 8 nitrogen and oxygen atoms in total. The number of nitrogens with zero attached hydrogens (tertiary/aromatic N) is 2. The fourth-order valence-corrected chi connectivity index (χ4v) is 6.18. The van der Waals surface area contributed by atoms with Gasteiger partial charge in [-0.25, -0.2) is 9.80 Å². The summed E-state index contributed by atoms with van der Waals surface area (Å²) >= 11 is 0. The van der Waals surface area contributed by atoms with Crippen LogP contribution in [0.1, 0.15) is 36.5 Å². The maximum atomic E-state index is 14.6. The van der Waals surface area contributed by atoms with Crippen LogP contribution < -0.4 is 9.80 Å². The zero-order chi connectivity index (χ0) is 25.4. The van der Waals surface area contributed by atoms with Crippen LogP contribution in [0.4, 0.5) is 11.4 Å². The number of imide groups is 2. The Balaban J connectivity index is 1.79. The number of para-hydroxylation sites is 2. The van der Waals surface area contributed by atoms with E-state index in [0.29, 0.717) is 11.1 Å². The number of fused-ring (bicyclic) bond motifs is 5. The number of carbonyl (C=O) groups excluding carboxylic acids is 5. The molecular formula is C28H20N2O6. The van der Waals surface area contributed by atoms with E-state index >= 15 is 0 Å². The second kappa shape index (κ2) is 7.21. The lowest BCUT2D eigenvalue weighted by atomic mass is 9.59. The lowest BCUT2D eigenvalue weighted by Crippen LogP contribution is -2.60. The van der Waals surface area contributed by atoms with Gasteiger partial charge < -0.3 is 4.74 Å². The van der Waals surface area contributed by atoms with Gasteiger partial charge in [0.15, 0.2) is 0 Å². The first-order valence-electron chi connectivity index (χ1n) is 11.5. The van der Waals surface area contributed by atoms with Gasteiger partial charge in [-0.05, 0) is 23.3 Å². The Kier molecular flexibility index (Phi) is 4.39. The van der Waals surface area contributed by atoms with Crippen molar-refractivity contribution in [1.82, 2.24) is 0 Å². The van der Waals surface area contributed by atoms with Gasteiger partial charge in [-0.3, -0.25) is 24.0 Å². The lowest BCUT2D eigenvalue weighted by molar-refractivity contribution is -0.162. The molecule has 1 fully saturated rings. The number of ether oxygens (including phenoxy) is 1. The van der Waals surface area contributed by atoms with Crippen molar-refractivity contribution in [2.24, 2.45) is 0 Å². The number of esters is 1. The predicted octanol–water partition coefficient (Wildman–Crippen LogP) is 2.95. The van der Waals surface area contributed by atoms with E-state index < -0.39 is 46.5 Å². The van der Waals surface area contributed by atoms with Gasteiger partial charge >= 0.3 is 5.97 Å². The van der Waals surface area contributed by atoms with E-state index in [1.54, 1.807) is 78.9 Å². The van der Waals surface area contributed by atoms with Gasteiger partial charge in [0.1, 0.15) is 11.3 Å². The van der Waals surface area contributed by atoms with Crippen LogP contribution in [-0.4, -0.2) is 29.6 Å². The maximum absolute atomic E-state index is 14.6. The average Bonchev–Trinajstić information content (AvgIpc) is 3.39. The molecule has 6 rings (SSSR count). The van der Waals surface area contributed by atoms with Gasteiger partial charge in [-0.2, -0.15) is 0 Å². The Morgan fingerprint density at radius 2 is 1.19 bits per heavy atom.